The van der Waals surface area contributed by atoms with Crippen LogP contribution in [0.5, 0.6) is 0 Å². The van der Waals surface area contributed by atoms with Crippen LogP contribution in [0.25, 0.3) is 10.1 Å². The molecule has 1 aromatic carbocycles. The Hall–Kier alpha value is -1.48. The first-order valence-electron chi connectivity index (χ1n) is 6.17. The van der Waals surface area contributed by atoms with Gasteiger partial charge in [0.15, 0.2) is 9.34 Å². The van der Waals surface area contributed by atoms with Gasteiger partial charge < -0.3 is 5.32 Å². The highest BCUT2D eigenvalue weighted by molar-refractivity contribution is 7.91. The number of nitrogens with zero attached hydrogens (tertiary/aromatic N) is 1. The van der Waals surface area contributed by atoms with Gasteiger partial charge >= 0.3 is 0 Å². The van der Waals surface area contributed by atoms with Gasteiger partial charge in [-0.2, -0.15) is 0 Å². The first-order chi connectivity index (χ1) is 9.93. The summed E-state index contributed by atoms with van der Waals surface area (Å²) in [6.07, 6.45) is 1.28. The SMILES string of the molecule is C[C@@H](Nc1ncc(S(N)(=O)=O)s1)c1cc2ccccc2s1. The molecule has 0 radical (unpaired) electrons. The predicted molar refractivity (Wildman–Crippen MR) is 87.3 cm³/mol. The molecule has 21 heavy (non-hydrogen) atoms. The van der Waals surface area contributed by atoms with Crippen LogP contribution in [0.1, 0.15) is 17.8 Å². The molecule has 0 spiro atoms. The van der Waals surface area contributed by atoms with Gasteiger partial charge in [-0.05, 0) is 24.4 Å². The van der Waals surface area contributed by atoms with Crippen LogP contribution in [0.3, 0.4) is 0 Å². The topological polar surface area (TPSA) is 85.1 Å². The van der Waals surface area contributed by atoms with E-state index in [1.54, 1.807) is 11.3 Å². The number of thiazole rings is 1. The molecular formula is C13H13N3O2S3. The number of hydrogen-bond donors (Lipinski definition) is 2. The van der Waals surface area contributed by atoms with Crippen LogP contribution in [0, 0.1) is 0 Å². The summed E-state index contributed by atoms with van der Waals surface area (Å²) in [5.74, 6) is 0. The molecule has 2 heterocycles. The van der Waals surface area contributed by atoms with Crippen LogP contribution in [0.4, 0.5) is 5.13 Å². The van der Waals surface area contributed by atoms with Gasteiger partial charge in [-0.1, -0.05) is 29.5 Å². The zero-order chi connectivity index (χ0) is 15.0. The number of nitrogens with one attached hydrogen (secondary N) is 1. The summed E-state index contributed by atoms with van der Waals surface area (Å²) >= 11 is 2.75. The summed E-state index contributed by atoms with van der Waals surface area (Å²) < 4.78 is 23.8. The van der Waals surface area contributed by atoms with Gasteiger partial charge in [0.2, 0.25) is 10.0 Å². The van der Waals surface area contributed by atoms with Crippen molar-refractivity contribution < 1.29 is 8.42 Å². The standard InChI is InChI=1S/C13H13N3O2S3/c1-8(11-6-9-4-2-3-5-10(9)19-11)16-13-15-7-12(20-13)21(14,17)18/h2-8H,1H3,(H,15,16)(H2,14,17,18)/t8-/m1/s1. The van der Waals surface area contributed by atoms with Gasteiger partial charge in [-0.15, -0.1) is 11.3 Å². The number of rotatable bonds is 4. The molecule has 3 N–H and O–H groups in total. The number of hydrogen-bond acceptors (Lipinski definition) is 6. The van der Waals surface area contributed by atoms with E-state index in [1.165, 1.54) is 21.2 Å². The fraction of sp³-hybridized carbons (Fsp3) is 0.154. The van der Waals surface area contributed by atoms with E-state index >= 15 is 0 Å². The lowest BCUT2D eigenvalue weighted by molar-refractivity contribution is 0.599. The van der Waals surface area contributed by atoms with Gasteiger partial charge in [0.05, 0.1) is 12.2 Å². The van der Waals surface area contributed by atoms with Crippen LogP contribution in [-0.4, -0.2) is 13.4 Å². The Morgan fingerprint density at radius 1 is 1.29 bits per heavy atom. The summed E-state index contributed by atoms with van der Waals surface area (Å²) in [4.78, 5) is 5.22. The maximum Gasteiger partial charge on any atom is 0.249 e. The number of aromatic nitrogens is 1. The van der Waals surface area contributed by atoms with Crippen molar-refractivity contribution >= 4 is 47.9 Å². The number of primary sulfonamides is 1. The molecule has 0 aliphatic carbocycles. The Balaban J connectivity index is 1.82. The maximum atomic E-state index is 11.2. The minimum absolute atomic E-state index is 0.0434. The number of sulfonamides is 1. The fourth-order valence-electron chi connectivity index (χ4n) is 1.93. The third kappa shape index (κ3) is 3.08. The number of anilines is 1. The third-order valence-corrected chi connectivity index (χ3v) is 6.61. The first-order valence-corrected chi connectivity index (χ1v) is 9.35. The van der Waals surface area contributed by atoms with Gasteiger partial charge in [0, 0.05) is 9.58 Å². The van der Waals surface area contributed by atoms with Crippen LogP contribution in [0.2, 0.25) is 0 Å². The summed E-state index contributed by atoms with van der Waals surface area (Å²) in [7, 11) is -3.68. The monoisotopic (exact) mass is 339 g/mol. The molecule has 3 aromatic rings. The second kappa shape index (κ2) is 5.38. The van der Waals surface area contributed by atoms with Crippen molar-refractivity contribution in [2.24, 2.45) is 5.14 Å². The molecule has 0 unspecified atom stereocenters. The molecule has 8 heteroatoms. The summed E-state index contributed by atoms with van der Waals surface area (Å²) in [6.45, 7) is 2.02. The van der Waals surface area contributed by atoms with Crippen LogP contribution in [0.15, 0.2) is 40.7 Å². The zero-order valence-electron chi connectivity index (χ0n) is 11.1. The van der Waals surface area contributed by atoms with Crippen molar-refractivity contribution in [3.05, 3.63) is 41.4 Å². The molecule has 0 fully saturated rings. The smallest absolute Gasteiger partial charge is 0.249 e. The minimum atomic E-state index is -3.68. The second-order valence-corrected chi connectivity index (χ2v) is 8.52. The van der Waals surface area contributed by atoms with Crippen molar-refractivity contribution in [2.75, 3.05) is 5.32 Å². The average molecular weight is 339 g/mol. The Morgan fingerprint density at radius 2 is 2.05 bits per heavy atom. The highest BCUT2D eigenvalue weighted by atomic mass is 32.2. The Kier molecular flexibility index (Phi) is 3.70. The molecule has 0 amide bonds. The maximum absolute atomic E-state index is 11.2. The molecule has 1 atom stereocenters. The number of nitrogens with two attached hydrogens (primary N) is 1. The summed E-state index contributed by atoms with van der Waals surface area (Å²) in [5, 5.41) is 10.0. The molecule has 5 nitrogen and oxygen atoms in total. The van der Waals surface area contributed by atoms with Crippen LogP contribution >= 0.6 is 22.7 Å². The van der Waals surface area contributed by atoms with Gasteiger partial charge in [-0.3, -0.25) is 0 Å². The highest BCUT2D eigenvalue weighted by Crippen LogP contribution is 2.32. The first kappa shape index (κ1) is 14.5. The van der Waals surface area contributed by atoms with E-state index in [9.17, 15) is 8.42 Å². The molecule has 110 valence electrons. The van der Waals surface area contributed by atoms with Crippen LogP contribution < -0.4 is 10.5 Å². The van der Waals surface area contributed by atoms with Crippen molar-refractivity contribution in [2.45, 2.75) is 17.2 Å². The summed E-state index contributed by atoms with van der Waals surface area (Å²) in [5.41, 5.74) is 0. The normalized spacial score (nSPS) is 13.4. The fourth-order valence-corrected chi connectivity index (χ4v) is 4.53. The highest BCUT2D eigenvalue weighted by Gasteiger charge is 2.15. The Labute approximate surface area is 130 Å². The Bertz CT molecular complexity index is 850. The number of benzene rings is 1. The van der Waals surface area contributed by atoms with E-state index in [4.69, 9.17) is 5.14 Å². The minimum Gasteiger partial charge on any atom is -0.354 e. The molecule has 0 aliphatic rings. The van der Waals surface area contributed by atoms with E-state index < -0.39 is 10.0 Å². The van der Waals surface area contributed by atoms with Gasteiger partial charge in [-0.25, -0.2) is 18.5 Å². The lowest BCUT2D eigenvalue weighted by Gasteiger charge is -2.10. The van der Waals surface area contributed by atoms with E-state index in [-0.39, 0.29) is 10.3 Å². The largest absolute Gasteiger partial charge is 0.354 e. The van der Waals surface area contributed by atoms with E-state index in [0.717, 1.165) is 11.3 Å². The van der Waals surface area contributed by atoms with Crippen molar-refractivity contribution in [3.63, 3.8) is 0 Å². The molecule has 3 rings (SSSR count). The van der Waals surface area contributed by atoms with E-state index in [0.29, 0.717) is 5.13 Å². The molecule has 0 saturated carbocycles. The molecular weight excluding hydrogens is 326 g/mol. The quantitative estimate of drug-likeness (QED) is 0.764. The molecule has 2 aromatic heterocycles. The van der Waals surface area contributed by atoms with Crippen LogP contribution in [-0.2, 0) is 10.0 Å². The van der Waals surface area contributed by atoms with E-state index in [1.807, 2.05) is 19.1 Å². The van der Waals surface area contributed by atoms with Crippen molar-refractivity contribution in [1.82, 2.24) is 4.98 Å². The van der Waals surface area contributed by atoms with E-state index in [2.05, 4.69) is 28.5 Å². The summed E-state index contributed by atoms with van der Waals surface area (Å²) in [6, 6.07) is 10.4. The molecule has 0 saturated heterocycles. The lowest BCUT2D eigenvalue weighted by atomic mass is 10.2. The second-order valence-electron chi connectivity index (χ2n) is 4.58. The van der Waals surface area contributed by atoms with Crippen molar-refractivity contribution in [3.8, 4) is 0 Å². The number of thiophene rings is 1. The predicted octanol–water partition coefficient (Wildman–Crippen LogP) is 3.18. The molecule has 0 aliphatic heterocycles. The van der Waals surface area contributed by atoms with Gasteiger partial charge in [0.1, 0.15) is 0 Å². The Morgan fingerprint density at radius 3 is 2.71 bits per heavy atom. The number of fused-ring (bicyclic) bond motifs is 1. The molecule has 0 bridgehead atoms. The lowest BCUT2D eigenvalue weighted by Crippen LogP contribution is -2.10. The van der Waals surface area contributed by atoms with Crippen molar-refractivity contribution in [1.29, 1.82) is 0 Å². The third-order valence-electron chi connectivity index (χ3n) is 2.98. The zero-order valence-corrected chi connectivity index (χ0v) is 13.6. The average Bonchev–Trinajstić information content (AvgIpc) is 3.03. The van der Waals surface area contributed by atoms with Gasteiger partial charge in [0.25, 0.3) is 0 Å².